The number of nitrogens with zero attached hydrogens (tertiary/aromatic N) is 1. The second-order valence-corrected chi connectivity index (χ2v) is 6.14. The standard InChI is InChI=1S/C16H16NO4/c18-11-3-8-1-2-17-6-9-4-12-13(21-7-20-12)5-10(9)14(15(8)17)16(11)19/h3-6,11,14-16,18-19H,1-2,7H2/q+1/t11-,14-,15+,16+/m0/s1. The molecule has 0 spiro atoms. The van der Waals surface area contributed by atoms with Gasteiger partial charge in [-0.25, -0.2) is 4.58 Å². The first-order valence-electron chi connectivity index (χ1n) is 7.33. The maximum absolute atomic E-state index is 10.5. The lowest BCUT2D eigenvalue weighted by Crippen LogP contribution is -2.47. The van der Waals surface area contributed by atoms with Crippen molar-refractivity contribution in [2.75, 3.05) is 13.3 Å². The Kier molecular flexibility index (Phi) is 2.17. The maximum atomic E-state index is 10.5. The van der Waals surface area contributed by atoms with Gasteiger partial charge >= 0.3 is 0 Å². The summed E-state index contributed by atoms with van der Waals surface area (Å²) in [6, 6.07) is 4.10. The highest BCUT2D eigenvalue weighted by atomic mass is 16.7. The molecule has 1 fully saturated rings. The van der Waals surface area contributed by atoms with Gasteiger partial charge in [-0.15, -0.1) is 0 Å². The van der Waals surface area contributed by atoms with Crippen molar-refractivity contribution in [1.29, 1.82) is 0 Å². The highest BCUT2D eigenvalue weighted by molar-refractivity contribution is 5.82. The third kappa shape index (κ3) is 1.45. The van der Waals surface area contributed by atoms with E-state index in [0.29, 0.717) is 0 Å². The Hall–Kier alpha value is -1.85. The first-order valence-corrected chi connectivity index (χ1v) is 7.33. The molecule has 4 atom stereocenters. The van der Waals surface area contributed by atoms with E-state index in [-0.39, 0.29) is 18.8 Å². The fourth-order valence-corrected chi connectivity index (χ4v) is 4.15. The number of hydrogen-bond acceptors (Lipinski definition) is 4. The van der Waals surface area contributed by atoms with Gasteiger partial charge in [0.2, 0.25) is 6.79 Å². The number of ether oxygens (including phenoxy) is 2. The Labute approximate surface area is 121 Å². The van der Waals surface area contributed by atoms with E-state index in [1.54, 1.807) is 0 Å². The van der Waals surface area contributed by atoms with Crippen molar-refractivity contribution in [3.05, 3.63) is 34.9 Å². The second kappa shape index (κ2) is 3.87. The largest absolute Gasteiger partial charge is 0.454 e. The Morgan fingerprint density at radius 1 is 1.14 bits per heavy atom. The van der Waals surface area contributed by atoms with Crippen LogP contribution in [0.5, 0.6) is 11.5 Å². The molecule has 0 bridgehead atoms. The summed E-state index contributed by atoms with van der Waals surface area (Å²) < 4.78 is 13.2. The highest BCUT2D eigenvalue weighted by Crippen LogP contribution is 2.46. The average Bonchev–Trinajstić information content (AvgIpc) is 3.08. The molecule has 5 rings (SSSR count). The molecule has 21 heavy (non-hydrogen) atoms. The summed E-state index contributed by atoms with van der Waals surface area (Å²) in [6.07, 6.45) is 3.34. The third-order valence-corrected chi connectivity index (χ3v) is 5.08. The zero-order chi connectivity index (χ0) is 14.1. The summed E-state index contributed by atoms with van der Waals surface area (Å²) in [4.78, 5) is 0. The molecule has 0 amide bonds. The molecule has 0 aromatic heterocycles. The van der Waals surface area contributed by atoms with Gasteiger partial charge < -0.3 is 19.7 Å². The van der Waals surface area contributed by atoms with E-state index in [9.17, 15) is 10.2 Å². The quantitative estimate of drug-likeness (QED) is 0.534. The summed E-state index contributed by atoms with van der Waals surface area (Å²) >= 11 is 0. The fourth-order valence-electron chi connectivity index (χ4n) is 4.15. The van der Waals surface area contributed by atoms with Crippen molar-refractivity contribution in [1.82, 2.24) is 0 Å². The maximum Gasteiger partial charge on any atom is 0.231 e. The lowest BCUT2D eigenvalue weighted by atomic mass is 9.74. The normalized spacial score (nSPS) is 35.0. The Bertz CT molecular complexity index is 708. The van der Waals surface area contributed by atoms with Gasteiger partial charge in [-0.05, 0) is 23.8 Å². The minimum Gasteiger partial charge on any atom is -0.454 e. The molecule has 3 aliphatic heterocycles. The van der Waals surface area contributed by atoms with Crippen LogP contribution in [0.3, 0.4) is 0 Å². The topological polar surface area (TPSA) is 61.9 Å². The van der Waals surface area contributed by atoms with Crippen LogP contribution in [0.15, 0.2) is 23.8 Å². The van der Waals surface area contributed by atoms with Gasteiger partial charge in [-0.3, -0.25) is 0 Å². The van der Waals surface area contributed by atoms with Gasteiger partial charge in [0.1, 0.15) is 6.54 Å². The highest BCUT2D eigenvalue weighted by Gasteiger charge is 2.51. The summed E-state index contributed by atoms with van der Waals surface area (Å²) in [5.41, 5.74) is 3.33. The van der Waals surface area contributed by atoms with Crippen LogP contribution < -0.4 is 9.47 Å². The zero-order valence-corrected chi connectivity index (χ0v) is 11.4. The van der Waals surface area contributed by atoms with Gasteiger partial charge in [0.25, 0.3) is 0 Å². The number of hydrogen-bond donors (Lipinski definition) is 2. The van der Waals surface area contributed by atoms with Gasteiger partial charge in [0.05, 0.1) is 18.1 Å². The Balaban J connectivity index is 1.75. The average molecular weight is 286 g/mol. The predicted molar refractivity (Wildman–Crippen MR) is 74.1 cm³/mol. The molecule has 1 aromatic rings. The number of rotatable bonds is 0. The van der Waals surface area contributed by atoms with Gasteiger partial charge in [-0.2, -0.15) is 0 Å². The van der Waals surface area contributed by atoms with E-state index in [1.807, 2.05) is 18.2 Å². The molecular formula is C16H16NO4+. The van der Waals surface area contributed by atoms with Crippen LogP contribution in [-0.2, 0) is 0 Å². The number of benzene rings is 1. The van der Waals surface area contributed by atoms with Crippen LogP contribution in [0.4, 0.5) is 0 Å². The van der Waals surface area contributed by atoms with E-state index >= 15 is 0 Å². The van der Waals surface area contributed by atoms with Crippen molar-refractivity contribution in [3.8, 4) is 11.5 Å². The molecule has 1 aromatic carbocycles. The first kappa shape index (κ1) is 11.8. The lowest BCUT2D eigenvalue weighted by Gasteiger charge is -2.35. The van der Waals surface area contributed by atoms with Crippen LogP contribution in [0, 0.1) is 0 Å². The molecule has 1 saturated heterocycles. The minimum atomic E-state index is -0.794. The monoisotopic (exact) mass is 286 g/mol. The molecule has 0 saturated carbocycles. The van der Waals surface area contributed by atoms with Crippen LogP contribution in [0.1, 0.15) is 23.5 Å². The van der Waals surface area contributed by atoms with Crippen LogP contribution in [0.2, 0.25) is 0 Å². The molecular weight excluding hydrogens is 270 g/mol. The van der Waals surface area contributed by atoms with Crippen molar-refractivity contribution in [2.24, 2.45) is 0 Å². The Morgan fingerprint density at radius 2 is 1.95 bits per heavy atom. The van der Waals surface area contributed by atoms with Gasteiger partial charge in [0, 0.05) is 17.6 Å². The van der Waals surface area contributed by atoms with Crippen molar-refractivity contribution in [3.63, 3.8) is 0 Å². The molecule has 5 heteroatoms. The predicted octanol–water partition coefficient (Wildman–Crippen LogP) is 0.378. The number of fused-ring (bicyclic) bond motifs is 3. The molecule has 0 radical (unpaired) electrons. The van der Waals surface area contributed by atoms with E-state index in [1.165, 1.54) is 5.57 Å². The summed E-state index contributed by atoms with van der Waals surface area (Å²) in [6.45, 7) is 1.17. The molecule has 1 aliphatic carbocycles. The molecule has 108 valence electrons. The van der Waals surface area contributed by atoms with Crippen LogP contribution in [0.25, 0.3) is 0 Å². The van der Waals surface area contributed by atoms with Crippen molar-refractivity contribution in [2.45, 2.75) is 30.6 Å². The van der Waals surface area contributed by atoms with Crippen molar-refractivity contribution >= 4 is 6.21 Å². The van der Waals surface area contributed by atoms with Crippen molar-refractivity contribution < 1.29 is 24.3 Å². The van der Waals surface area contributed by atoms with Crippen LogP contribution in [-0.4, -0.2) is 52.6 Å². The van der Waals surface area contributed by atoms with Gasteiger partial charge in [-0.1, -0.05) is 0 Å². The molecule has 4 aliphatic rings. The lowest BCUT2D eigenvalue weighted by molar-refractivity contribution is -0.542. The fraction of sp³-hybridized carbons (Fsp3) is 0.438. The van der Waals surface area contributed by atoms with Gasteiger partial charge in [0.15, 0.2) is 23.8 Å². The third-order valence-electron chi connectivity index (χ3n) is 5.08. The Morgan fingerprint density at radius 3 is 2.81 bits per heavy atom. The number of aliphatic hydroxyl groups is 2. The second-order valence-electron chi connectivity index (χ2n) is 6.14. The SMILES string of the molecule is O[C@H]1[C@H]2c3cc4c(cc3C=[N+]3CCC(=C[C@@H]1O)[C@H]23)OCO4. The van der Waals surface area contributed by atoms with E-state index in [0.717, 1.165) is 35.6 Å². The minimum absolute atomic E-state index is 0.114. The smallest absolute Gasteiger partial charge is 0.231 e. The molecule has 3 heterocycles. The van der Waals surface area contributed by atoms with E-state index < -0.39 is 12.2 Å². The zero-order valence-electron chi connectivity index (χ0n) is 11.4. The first-order chi connectivity index (χ1) is 10.2. The molecule has 2 N–H and O–H groups in total. The summed E-state index contributed by atoms with van der Waals surface area (Å²) in [7, 11) is 0. The molecule has 5 nitrogen and oxygen atoms in total. The van der Waals surface area contributed by atoms with Crippen LogP contribution >= 0.6 is 0 Å². The number of aliphatic hydroxyl groups excluding tert-OH is 2. The van der Waals surface area contributed by atoms with E-state index in [2.05, 4.69) is 10.8 Å². The summed E-state index contributed by atoms with van der Waals surface area (Å²) in [5.74, 6) is 1.37. The van der Waals surface area contributed by atoms with E-state index in [4.69, 9.17) is 9.47 Å². The molecule has 0 unspecified atom stereocenters. The summed E-state index contributed by atoms with van der Waals surface area (Å²) in [5, 5.41) is 20.7.